The Kier molecular flexibility index (Phi) is 4.33. The van der Waals surface area contributed by atoms with E-state index >= 15 is 0 Å². The number of piperidine rings is 1. The molecule has 1 spiro atoms. The second-order valence-corrected chi connectivity index (χ2v) is 7.24. The molecule has 1 N–H and O–H groups in total. The second-order valence-electron chi connectivity index (χ2n) is 7.24. The number of amides is 1. The number of nitrogens with one attached hydrogen (secondary N) is 1. The first-order valence-corrected chi connectivity index (χ1v) is 9.14. The SMILES string of the molecule is CCNC(=O)c1nnc2n1CC1(CC2)CCN(Cc2ccco2)CC1. The zero-order valence-electron chi connectivity index (χ0n) is 14.7. The number of hydrogen-bond donors (Lipinski definition) is 1. The van der Waals surface area contributed by atoms with Gasteiger partial charge >= 0.3 is 0 Å². The monoisotopic (exact) mass is 343 g/mol. The minimum Gasteiger partial charge on any atom is -0.468 e. The number of carbonyl (C=O) groups excluding carboxylic acids is 1. The highest BCUT2D eigenvalue weighted by atomic mass is 16.3. The van der Waals surface area contributed by atoms with Crippen molar-refractivity contribution < 1.29 is 9.21 Å². The normalized spacial score (nSPS) is 19.7. The molecule has 4 rings (SSSR count). The topological polar surface area (TPSA) is 76.2 Å². The number of fused-ring (bicyclic) bond motifs is 1. The number of furan rings is 1. The minimum absolute atomic E-state index is 0.117. The molecular weight excluding hydrogens is 318 g/mol. The van der Waals surface area contributed by atoms with Crippen molar-refractivity contribution in [3.05, 3.63) is 35.8 Å². The number of carbonyl (C=O) groups is 1. The highest BCUT2D eigenvalue weighted by Crippen LogP contribution is 2.41. The fourth-order valence-electron chi connectivity index (χ4n) is 4.10. The lowest BCUT2D eigenvalue weighted by Gasteiger charge is -2.44. The maximum Gasteiger partial charge on any atom is 0.289 e. The Morgan fingerprint density at radius 1 is 1.32 bits per heavy atom. The number of rotatable bonds is 4. The van der Waals surface area contributed by atoms with Crippen molar-refractivity contribution in [2.45, 2.75) is 45.7 Å². The van der Waals surface area contributed by atoms with Crippen LogP contribution in [0, 0.1) is 5.41 Å². The summed E-state index contributed by atoms with van der Waals surface area (Å²) in [5.41, 5.74) is 0.260. The number of aromatic nitrogens is 3. The van der Waals surface area contributed by atoms with Crippen LogP contribution in [0.15, 0.2) is 22.8 Å². The third kappa shape index (κ3) is 3.20. The smallest absolute Gasteiger partial charge is 0.289 e. The zero-order chi connectivity index (χ0) is 17.3. The van der Waals surface area contributed by atoms with Crippen LogP contribution < -0.4 is 5.32 Å². The van der Waals surface area contributed by atoms with Crippen LogP contribution in [-0.2, 0) is 19.5 Å². The van der Waals surface area contributed by atoms with Crippen LogP contribution >= 0.6 is 0 Å². The third-order valence-electron chi connectivity index (χ3n) is 5.62. The molecule has 7 heteroatoms. The quantitative estimate of drug-likeness (QED) is 0.917. The van der Waals surface area contributed by atoms with Gasteiger partial charge in [-0.2, -0.15) is 0 Å². The predicted octanol–water partition coefficient (Wildman–Crippen LogP) is 1.85. The standard InChI is InChI=1S/C18H25N5O2/c1-2-19-17(24)16-21-20-15-5-6-18(13-23(15)16)7-9-22(10-8-18)12-14-4-3-11-25-14/h3-4,11H,2,5-10,12-13H2,1H3,(H,19,24). The molecule has 0 bridgehead atoms. The van der Waals surface area contributed by atoms with Crippen LogP contribution in [0.3, 0.4) is 0 Å². The summed E-state index contributed by atoms with van der Waals surface area (Å²) in [5.74, 6) is 2.33. The van der Waals surface area contributed by atoms with Gasteiger partial charge in [0.15, 0.2) is 0 Å². The summed E-state index contributed by atoms with van der Waals surface area (Å²) in [6, 6.07) is 3.98. The van der Waals surface area contributed by atoms with Crippen molar-refractivity contribution in [3.8, 4) is 0 Å². The van der Waals surface area contributed by atoms with Crippen LogP contribution in [0.4, 0.5) is 0 Å². The van der Waals surface area contributed by atoms with Crippen molar-refractivity contribution in [2.24, 2.45) is 5.41 Å². The lowest BCUT2D eigenvalue weighted by Crippen LogP contribution is -2.44. The fourth-order valence-corrected chi connectivity index (χ4v) is 4.10. The van der Waals surface area contributed by atoms with Crippen molar-refractivity contribution >= 4 is 5.91 Å². The molecule has 25 heavy (non-hydrogen) atoms. The molecule has 0 aliphatic carbocycles. The van der Waals surface area contributed by atoms with E-state index in [2.05, 4.69) is 25.0 Å². The minimum atomic E-state index is -0.117. The van der Waals surface area contributed by atoms with E-state index in [9.17, 15) is 4.79 Å². The van der Waals surface area contributed by atoms with E-state index in [1.54, 1.807) is 6.26 Å². The molecule has 2 aliphatic heterocycles. The maximum atomic E-state index is 12.2. The fraction of sp³-hybridized carbons (Fsp3) is 0.611. The van der Waals surface area contributed by atoms with Gasteiger partial charge in [0.05, 0.1) is 12.8 Å². The highest BCUT2D eigenvalue weighted by Gasteiger charge is 2.39. The van der Waals surface area contributed by atoms with E-state index in [1.807, 2.05) is 19.1 Å². The van der Waals surface area contributed by atoms with E-state index < -0.39 is 0 Å². The number of aryl methyl sites for hydroxylation is 1. The molecule has 1 amide bonds. The summed E-state index contributed by atoms with van der Waals surface area (Å²) in [7, 11) is 0. The Morgan fingerprint density at radius 3 is 2.88 bits per heavy atom. The van der Waals surface area contributed by atoms with Crippen LogP contribution in [0.5, 0.6) is 0 Å². The summed E-state index contributed by atoms with van der Waals surface area (Å²) in [6.45, 7) is 6.39. The van der Waals surface area contributed by atoms with Gasteiger partial charge in [-0.3, -0.25) is 9.69 Å². The molecule has 0 saturated carbocycles. The first kappa shape index (κ1) is 16.3. The van der Waals surface area contributed by atoms with Crippen molar-refractivity contribution in [1.29, 1.82) is 0 Å². The summed E-state index contributed by atoms with van der Waals surface area (Å²) in [6.07, 6.45) is 6.05. The van der Waals surface area contributed by atoms with E-state index in [0.29, 0.717) is 12.4 Å². The highest BCUT2D eigenvalue weighted by molar-refractivity contribution is 5.90. The Labute approximate surface area is 147 Å². The molecule has 2 aliphatic rings. The van der Waals surface area contributed by atoms with E-state index in [4.69, 9.17) is 4.42 Å². The number of likely N-dealkylation sites (tertiary alicyclic amines) is 1. The molecule has 2 aromatic heterocycles. The Morgan fingerprint density at radius 2 is 2.16 bits per heavy atom. The van der Waals surface area contributed by atoms with Crippen LogP contribution in [-0.4, -0.2) is 45.2 Å². The average Bonchev–Trinajstić information content (AvgIpc) is 3.26. The maximum absolute atomic E-state index is 12.2. The average molecular weight is 343 g/mol. The molecule has 134 valence electrons. The molecule has 0 aromatic carbocycles. The van der Waals surface area contributed by atoms with Crippen LogP contribution in [0.2, 0.25) is 0 Å². The van der Waals surface area contributed by atoms with Crippen LogP contribution in [0.25, 0.3) is 0 Å². The van der Waals surface area contributed by atoms with Crippen molar-refractivity contribution in [3.63, 3.8) is 0 Å². The summed E-state index contributed by atoms with van der Waals surface area (Å²) in [4.78, 5) is 14.7. The zero-order valence-corrected chi connectivity index (χ0v) is 14.7. The first-order chi connectivity index (χ1) is 12.2. The summed E-state index contributed by atoms with van der Waals surface area (Å²) >= 11 is 0. The van der Waals surface area contributed by atoms with Crippen molar-refractivity contribution in [1.82, 2.24) is 25.0 Å². The number of nitrogens with zero attached hydrogens (tertiary/aromatic N) is 4. The van der Waals surface area contributed by atoms with Gasteiger partial charge in [0.2, 0.25) is 5.82 Å². The van der Waals surface area contributed by atoms with E-state index in [-0.39, 0.29) is 11.3 Å². The predicted molar refractivity (Wildman–Crippen MR) is 92.0 cm³/mol. The molecule has 1 saturated heterocycles. The molecule has 7 nitrogen and oxygen atoms in total. The first-order valence-electron chi connectivity index (χ1n) is 9.14. The molecule has 0 unspecified atom stereocenters. The third-order valence-corrected chi connectivity index (χ3v) is 5.62. The lowest BCUT2D eigenvalue weighted by molar-refractivity contribution is 0.0587. The molecule has 0 atom stereocenters. The largest absolute Gasteiger partial charge is 0.468 e. The van der Waals surface area contributed by atoms with Gasteiger partial charge in [-0.15, -0.1) is 10.2 Å². The second kappa shape index (κ2) is 6.63. The Balaban J connectivity index is 1.44. The van der Waals surface area contributed by atoms with Gasteiger partial charge in [0.1, 0.15) is 11.6 Å². The summed E-state index contributed by atoms with van der Waals surface area (Å²) in [5, 5.41) is 11.2. The van der Waals surface area contributed by atoms with Gasteiger partial charge in [-0.05, 0) is 56.8 Å². The molecule has 2 aromatic rings. The molecule has 0 radical (unpaired) electrons. The van der Waals surface area contributed by atoms with Crippen molar-refractivity contribution in [2.75, 3.05) is 19.6 Å². The lowest BCUT2D eigenvalue weighted by atomic mass is 9.73. The van der Waals surface area contributed by atoms with Gasteiger partial charge in [-0.25, -0.2) is 0 Å². The van der Waals surface area contributed by atoms with Crippen LogP contribution in [0.1, 0.15) is 48.4 Å². The Hall–Kier alpha value is -2.15. The molecule has 4 heterocycles. The molecule has 1 fully saturated rings. The van der Waals surface area contributed by atoms with Gasteiger partial charge < -0.3 is 14.3 Å². The summed E-state index contributed by atoms with van der Waals surface area (Å²) < 4.78 is 7.52. The molecular formula is C18H25N5O2. The van der Waals surface area contributed by atoms with E-state index in [0.717, 1.165) is 63.4 Å². The number of hydrogen-bond acceptors (Lipinski definition) is 5. The van der Waals surface area contributed by atoms with Gasteiger partial charge in [0.25, 0.3) is 5.91 Å². The van der Waals surface area contributed by atoms with Gasteiger partial charge in [-0.1, -0.05) is 0 Å². The Bertz CT molecular complexity index is 729. The van der Waals surface area contributed by atoms with Gasteiger partial charge in [0, 0.05) is 19.5 Å². The van der Waals surface area contributed by atoms with E-state index in [1.165, 1.54) is 0 Å².